The molecule has 13 heteroatoms. The fourth-order valence-corrected chi connectivity index (χ4v) is 9.87. The smallest absolute Gasteiger partial charge is 0.417 e. The summed E-state index contributed by atoms with van der Waals surface area (Å²) in [4.78, 5) is 6.24. The number of thiocarbonyl (C=S) groups is 1. The number of alkyl halides is 3. The number of piperidine rings is 3. The predicted molar refractivity (Wildman–Crippen MR) is 212 cm³/mol. The summed E-state index contributed by atoms with van der Waals surface area (Å²) < 4.78 is 78.8. The van der Waals surface area contributed by atoms with Crippen LogP contribution in [-0.2, 0) is 16.2 Å². The highest BCUT2D eigenvalue weighted by Gasteiger charge is 2.44. The maximum Gasteiger partial charge on any atom is 0.417 e. The zero-order valence-corrected chi connectivity index (χ0v) is 31.7. The molecule has 0 spiro atoms. The van der Waals surface area contributed by atoms with E-state index in [-0.39, 0.29) is 17.2 Å². The highest BCUT2D eigenvalue weighted by atomic mass is 32.2. The third-order valence-electron chi connectivity index (χ3n) is 10.8. The molecule has 1 aromatic heterocycles. The third kappa shape index (κ3) is 8.25. The average Bonchev–Trinajstić information content (AvgIpc) is 3.21. The van der Waals surface area contributed by atoms with E-state index < -0.39 is 38.7 Å². The van der Waals surface area contributed by atoms with E-state index in [4.69, 9.17) is 17.0 Å². The molecule has 3 aliphatic heterocycles. The van der Waals surface area contributed by atoms with Crippen LogP contribution in [0.1, 0.15) is 53.2 Å². The van der Waals surface area contributed by atoms with Crippen molar-refractivity contribution in [1.82, 2.24) is 25.2 Å². The maximum atomic E-state index is 14.1. The van der Waals surface area contributed by atoms with Gasteiger partial charge in [-0.1, -0.05) is 78.9 Å². The Balaban J connectivity index is 1.28. The molecule has 8 rings (SSSR count). The van der Waals surface area contributed by atoms with Gasteiger partial charge in [-0.2, -0.15) is 13.2 Å². The first-order chi connectivity index (χ1) is 26.5. The Morgan fingerprint density at radius 3 is 2.25 bits per heavy atom. The fourth-order valence-electron chi connectivity index (χ4n) is 8.15. The highest BCUT2D eigenvalue weighted by molar-refractivity contribution is 7.89. The molecule has 5 aromatic rings. The molecule has 3 saturated heterocycles. The van der Waals surface area contributed by atoms with E-state index in [2.05, 4.69) is 37.9 Å². The number of sulfonamides is 1. The van der Waals surface area contributed by atoms with Crippen molar-refractivity contribution < 1.29 is 26.3 Å². The van der Waals surface area contributed by atoms with Crippen LogP contribution in [-0.4, -0.2) is 49.7 Å². The molecule has 2 bridgehead atoms. The van der Waals surface area contributed by atoms with Gasteiger partial charge in [-0.05, 0) is 96.5 Å². The molecule has 286 valence electrons. The van der Waals surface area contributed by atoms with Crippen molar-refractivity contribution >= 4 is 38.3 Å². The first kappa shape index (κ1) is 38.5. The molecular weight excluding hydrogens is 744 g/mol. The van der Waals surface area contributed by atoms with Crippen LogP contribution < -0.4 is 20.1 Å². The number of rotatable bonds is 12. The Morgan fingerprint density at radius 2 is 1.62 bits per heavy atom. The molecule has 8 nitrogen and oxygen atoms in total. The van der Waals surface area contributed by atoms with Crippen LogP contribution in [0.15, 0.2) is 133 Å². The third-order valence-corrected chi connectivity index (χ3v) is 12.6. The number of hydrogen-bond donors (Lipinski definition) is 3. The number of pyridine rings is 1. The fraction of sp³-hybridized carbons (Fsp3) is 0.286. The lowest BCUT2D eigenvalue weighted by Crippen LogP contribution is -2.58. The van der Waals surface area contributed by atoms with Gasteiger partial charge in [0.1, 0.15) is 5.75 Å². The standard InChI is InChI=1S/C42H42F3N5O3S2/c1-3-27-26-50-23-21-30(27)24-36(50)40(32-20-22-46-35-19-18-31(53-2)25-33(32)35)48-41(54)47-38(28-12-6-4-7-13-28)39(29-14-8-5-9-15-29)49-55(51,52)37-17-11-10-16-34(37)42(43,44)45/h3-20,22,25,27,30,36,38-40,49H,1,21,23-24,26H2,2H3,(H2,47,48,54)/t27-,30-,36-,38-,39-,40-/m0/s1. The van der Waals surface area contributed by atoms with Gasteiger partial charge in [0.05, 0.1) is 41.2 Å². The number of nitrogens with zero attached hydrogens (tertiary/aromatic N) is 2. The van der Waals surface area contributed by atoms with Crippen molar-refractivity contribution in [3.63, 3.8) is 0 Å². The van der Waals surface area contributed by atoms with Gasteiger partial charge in [0.25, 0.3) is 0 Å². The summed E-state index contributed by atoms with van der Waals surface area (Å²) in [6.45, 7) is 5.90. The van der Waals surface area contributed by atoms with E-state index in [0.717, 1.165) is 54.5 Å². The molecule has 0 saturated carbocycles. The molecule has 0 radical (unpaired) electrons. The van der Waals surface area contributed by atoms with Gasteiger partial charge in [0.15, 0.2) is 5.11 Å². The Morgan fingerprint density at radius 1 is 0.945 bits per heavy atom. The number of halogens is 3. The molecule has 3 aliphatic rings. The normalized spacial score (nSPS) is 21.3. The van der Waals surface area contributed by atoms with Crippen molar-refractivity contribution in [1.29, 1.82) is 0 Å². The SMILES string of the molecule is C=C[C@H]1CN2CC[C@H]1C[C@H]2[C@@H](NC(=S)N[C@@H](c1ccccc1)[C@@H](NS(=O)(=O)c1ccccc1C(F)(F)F)c1ccccc1)c1ccnc2ccc(OC)cc12. The second-order valence-corrected chi connectivity index (χ2v) is 16.1. The lowest BCUT2D eigenvalue weighted by molar-refractivity contribution is -0.139. The number of nitrogens with one attached hydrogen (secondary N) is 3. The van der Waals surface area contributed by atoms with Gasteiger partial charge >= 0.3 is 6.18 Å². The van der Waals surface area contributed by atoms with Crippen molar-refractivity contribution in [2.45, 2.75) is 48.1 Å². The minimum Gasteiger partial charge on any atom is -0.497 e. The van der Waals surface area contributed by atoms with E-state index in [0.29, 0.717) is 28.7 Å². The monoisotopic (exact) mass is 785 g/mol. The molecule has 1 unspecified atom stereocenters. The van der Waals surface area contributed by atoms with Gasteiger partial charge in [-0.15, -0.1) is 6.58 Å². The second-order valence-electron chi connectivity index (χ2n) is 14.0. The Kier molecular flexibility index (Phi) is 11.3. The van der Waals surface area contributed by atoms with Crippen molar-refractivity contribution in [3.05, 3.63) is 150 Å². The zero-order chi connectivity index (χ0) is 38.7. The molecule has 55 heavy (non-hydrogen) atoms. The van der Waals surface area contributed by atoms with Gasteiger partial charge in [-0.3, -0.25) is 9.88 Å². The molecular formula is C42H42F3N5O3S2. The van der Waals surface area contributed by atoms with Crippen LogP contribution in [0.5, 0.6) is 5.75 Å². The quantitative estimate of drug-likeness (QED) is 0.0863. The summed E-state index contributed by atoms with van der Waals surface area (Å²) in [7, 11) is -3.12. The maximum absolute atomic E-state index is 14.1. The topological polar surface area (TPSA) is 95.6 Å². The summed E-state index contributed by atoms with van der Waals surface area (Å²) in [5.74, 6) is 1.52. The molecule has 0 amide bonds. The lowest BCUT2D eigenvalue weighted by atomic mass is 9.73. The summed E-state index contributed by atoms with van der Waals surface area (Å²) in [6, 6.07) is 27.6. The molecule has 3 fully saturated rings. The number of aromatic nitrogens is 1. The van der Waals surface area contributed by atoms with Crippen molar-refractivity contribution in [2.75, 3.05) is 20.2 Å². The van der Waals surface area contributed by atoms with Crippen LogP contribution in [0.3, 0.4) is 0 Å². The summed E-state index contributed by atoms with van der Waals surface area (Å²) in [5, 5.41) is 8.21. The van der Waals surface area contributed by atoms with Gasteiger partial charge in [0, 0.05) is 24.2 Å². The number of hydrogen-bond acceptors (Lipinski definition) is 6. The molecule has 0 aliphatic carbocycles. The molecule has 7 atom stereocenters. The summed E-state index contributed by atoms with van der Waals surface area (Å²) in [5.41, 5.74) is 1.70. The molecule has 3 N–H and O–H groups in total. The van der Waals surface area contributed by atoms with Crippen LogP contribution in [0.25, 0.3) is 10.9 Å². The van der Waals surface area contributed by atoms with Crippen molar-refractivity contribution in [2.24, 2.45) is 11.8 Å². The number of methoxy groups -OCH3 is 1. The first-order valence-electron chi connectivity index (χ1n) is 18.1. The average molecular weight is 786 g/mol. The Bertz CT molecular complexity index is 2260. The zero-order valence-electron chi connectivity index (χ0n) is 30.1. The van der Waals surface area contributed by atoms with Gasteiger partial charge in [0.2, 0.25) is 10.0 Å². The molecule has 4 aromatic carbocycles. The van der Waals surface area contributed by atoms with Crippen molar-refractivity contribution in [3.8, 4) is 5.75 Å². The van der Waals surface area contributed by atoms with E-state index in [1.54, 1.807) is 43.6 Å². The highest BCUT2D eigenvalue weighted by Crippen LogP contribution is 2.43. The second kappa shape index (κ2) is 16.1. The van der Waals surface area contributed by atoms with Crippen LogP contribution >= 0.6 is 12.2 Å². The van der Waals surface area contributed by atoms with Gasteiger partial charge < -0.3 is 15.4 Å². The summed E-state index contributed by atoms with van der Waals surface area (Å²) >= 11 is 6.13. The summed E-state index contributed by atoms with van der Waals surface area (Å²) in [6.07, 6.45) is 0.908. The lowest BCUT2D eigenvalue weighted by Gasteiger charge is -2.52. The van der Waals surface area contributed by atoms with E-state index in [9.17, 15) is 21.6 Å². The minimum atomic E-state index is -4.90. The van der Waals surface area contributed by atoms with Crippen LogP contribution in [0.2, 0.25) is 0 Å². The Hall–Kier alpha value is -4.82. The molecule has 4 heterocycles. The van der Waals surface area contributed by atoms with Gasteiger partial charge in [-0.25, -0.2) is 13.1 Å². The minimum absolute atomic E-state index is 0.0453. The largest absolute Gasteiger partial charge is 0.497 e. The van der Waals surface area contributed by atoms with Crippen LogP contribution in [0.4, 0.5) is 13.2 Å². The predicted octanol–water partition coefficient (Wildman–Crippen LogP) is 8.12. The Labute approximate surface area is 324 Å². The number of benzene rings is 4. The number of fused-ring (bicyclic) bond motifs is 4. The van der Waals surface area contributed by atoms with Crippen LogP contribution in [0, 0.1) is 11.8 Å². The van der Waals surface area contributed by atoms with E-state index in [1.807, 2.05) is 54.6 Å². The van der Waals surface area contributed by atoms with E-state index >= 15 is 0 Å². The number of ether oxygens (including phenoxy) is 1. The first-order valence-corrected chi connectivity index (χ1v) is 20.0. The van der Waals surface area contributed by atoms with E-state index in [1.165, 1.54) is 12.1 Å².